The van der Waals surface area contributed by atoms with Crippen molar-refractivity contribution >= 4 is 5.91 Å². The van der Waals surface area contributed by atoms with Crippen molar-refractivity contribution in [2.24, 2.45) is 5.92 Å². The van der Waals surface area contributed by atoms with Gasteiger partial charge in [-0.1, -0.05) is 32.1 Å². The number of aromatic amines is 1. The second-order valence-electron chi connectivity index (χ2n) is 6.92. The first-order valence-corrected chi connectivity index (χ1v) is 8.66. The van der Waals surface area contributed by atoms with E-state index in [0.29, 0.717) is 11.6 Å². The van der Waals surface area contributed by atoms with Gasteiger partial charge in [0.05, 0.1) is 0 Å². The average molecular weight is 302 g/mol. The van der Waals surface area contributed by atoms with Gasteiger partial charge in [0.2, 0.25) is 0 Å². The predicted molar refractivity (Wildman–Crippen MR) is 87.1 cm³/mol. The van der Waals surface area contributed by atoms with Crippen LogP contribution in [0, 0.1) is 12.8 Å². The molecule has 1 amide bonds. The van der Waals surface area contributed by atoms with Gasteiger partial charge in [0.1, 0.15) is 5.56 Å². The van der Waals surface area contributed by atoms with Crippen LogP contribution in [0.5, 0.6) is 0 Å². The molecule has 0 spiro atoms. The second-order valence-corrected chi connectivity index (χ2v) is 6.92. The monoisotopic (exact) mass is 302 g/mol. The highest BCUT2D eigenvalue weighted by Crippen LogP contribution is 2.32. The Bertz CT molecular complexity index is 587. The maximum absolute atomic E-state index is 12.7. The van der Waals surface area contributed by atoms with Crippen molar-refractivity contribution in [2.45, 2.75) is 64.3 Å². The molecule has 22 heavy (non-hydrogen) atoms. The van der Waals surface area contributed by atoms with Gasteiger partial charge in [-0.2, -0.15) is 0 Å². The number of hydrogen-bond acceptors (Lipinski definition) is 2. The first kappa shape index (κ1) is 15.3. The van der Waals surface area contributed by atoms with E-state index in [9.17, 15) is 9.59 Å². The summed E-state index contributed by atoms with van der Waals surface area (Å²) in [5.74, 6) is 0.683. The lowest BCUT2D eigenvalue weighted by Gasteiger charge is -2.30. The van der Waals surface area contributed by atoms with Crippen molar-refractivity contribution in [2.75, 3.05) is 6.54 Å². The van der Waals surface area contributed by atoms with Crippen LogP contribution >= 0.6 is 0 Å². The van der Waals surface area contributed by atoms with Gasteiger partial charge >= 0.3 is 0 Å². The van der Waals surface area contributed by atoms with Gasteiger partial charge in [0, 0.05) is 18.3 Å². The Morgan fingerprint density at radius 1 is 1.18 bits per heavy atom. The van der Waals surface area contributed by atoms with E-state index in [4.69, 9.17) is 0 Å². The van der Waals surface area contributed by atoms with E-state index in [2.05, 4.69) is 4.98 Å². The summed E-state index contributed by atoms with van der Waals surface area (Å²) >= 11 is 0. The molecule has 2 heterocycles. The van der Waals surface area contributed by atoms with Crippen LogP contribution in [0.1, 0.15) is 67.4 Å². The summed E-state index contributed by atoms with van der Waals surface area (Å²) in [6.45, 7) is 2.63. The minimum atomic E-state index is -0.256. The predicted octanol–water partition coefficient (Wildman–Crippen LogP) is 3.26. The van der Waals surface area contributed by atoms with Gasteiger partial charge in [-0.25, -0.2) is 0 Å². The number of nitrogens with one attached hydrogen (secondary N) is 1. The number of likely N-dealkylation sites (tertiary alicyclic amines) is 1. The summed E-state index contributed by atoms with van der Waals surface area (Å²) in [5, 5.41) is 0. The van der Waals surface area contributed by atoms with Crippen molar-refractivity contribution in [1.29, 1.82) is 0 Å². The molecule has 3 rings (SSSR count). The summed E-state index contributed by atoms with van der Waals surface area (Å²) in [5.41, 5.74) is 0.830. The molecule has 0 bridgehead atoms. The summed E-state index contributed by atoms with van der Waals surface area (Å²) in [7, 11) is 0. The van der Waals surface area contributed by atoms with E-state index < -0.39 is 0 Å². The van der Waals surface area contributed by atoms with E-state index in [0.717, 1.165) is 37.4 Å². The fourth-order valence-electron chi connectivity index (χ4n) is 4.05. The molecule has 1 saturated heterocycles. The Kier molecular flexibility index (Phi) is 4.65. The summed E-state index contributed by atoms with van der Waals surface area (Å²) in [6.07, 6.45) is 9.93. The largest absolute Gasteiger partial charge is 0.335 e. The second kappa shape index (κ2) is 6.67. The standard InChI is InChI=1S/C18H26N2O2/c1-13-9-10-16(17(21)19-13)18(22)20-11-5-8-15(20)12-14-6-3-2-4-7-14/h9-10,14-15H,2-8,11-12H2,1H3,(H,19,21). The van der Waals surface area contributed by atoms with E-state index in [1.807, 2.05) is 11.8 Å². The highest BCUT2D eigenvalue weighted by atomic mass is 16.2. The van der Waals surface area contributed by atoms with Gasteiger partial charge < -0.3 is 9.88 Å². The minimum absolute atomic E-state index is 0.0837. The van der Waals surface area contributed by atoms with Crippen molar-refractivity contribution in [3.05, 3.63) is 33.7 Å². The number of pyridine rings is 1. The van der Waals surface area contributed by atoms with Gasteiger partial charge in [-0.05, 0) is 44.2 Å². The Hall–Kier alpha value is -1.58. The molecule has 0 aromatic carbocycles. The Morgan fingerprint density at radius 2 is 1.95 bits per heavy atom. The fraction of sp³-hybridized carbons (Fsp3) is 0.667. The van der Waals surface area contributed by atoms with Crippen LogP contribution in [-0.4, -0.2) is 28.4 Å². The lowest BCUT2D eigenvalue weighted by molar-refractivity contribution is 0.0709. The molecule has 1 saturated carbocycles. The zero-order valence-corrected chi connectivity index (χ0v) is 13.4. The third kappa shape index (κ3) is 3.26. The van der Waals surface area contributed by atoms with Crippen molar-refractivity contribution in [1.82, 2.24) is 9.88 Å². The van der Waals surface area contributed by atoms with Gasteiger partial charge in [-0.3, -0.25) is 9.59 Å². The van der Waals surface area contributed by atoms with Crippen molar-refractivity contribution in [3.63, 3.8) is 0 Å². The molecule has 2 aliphatic rings. The zero-order chi connectivity index (χ0) is 15.5. The third-order valence-corrected chi connectivity index (χ3v) is 5.25. The van der Waals surface area contributed by atoms with Crippen LogP contribution in [0.15, 0.2) is 16.9 Å². The lowest BCUT2D eigenvalue weighted by atomic mass is 9.84. The summed E-state index contributed by atoms with van der Waals surface area (Å²) in [6, 6.07) is 3.81. The first-order chi connectivity index (χ1) is 10.6. The molecule has 4 nitrogen and oxygen atoms in total. The van der Waals surface area contributed by atoms with Gasteiger partial charge in [0.15, 0.2) is 0 Å². The molecule has 1 aromatic rings. The first-order valence-electron chi connectivity index (χ1n) is 8.66. The molecule has 1 aromatic heterocycles. The van der Waals surface area contributed by atoms with Crippen molar-refractivity contribution in [3.8, 4) is 0 Å². The number of rotatable bonds is 3. The number of aryl methyl sites for hydroxylation is 1. The molecule has 2 fully saturated rings. The lowest BCUT2D eigenvalue weighted by Crippen LogP contribution is -2.39. The Morgan fingerprint density at radius 3 is 2.68 bits per heavy atom. The van der Waals surface area contributed by atoms with E-state index >= 15 is 0 Å². The smallest absolute Gasteiger partial charge is 0.260 e. The maximum atomic E-state index is 12.7. The average Bonchev–Trinajstić information content (AvgIpc) is 2.96. The third-order valence-electron chi connectivity index (χ3n) is 5.25. The van der Waals surface area contributed by atoms with Crippen LogP contribution in [0.2, 0.25) is 0 Å². The molecule has 1 atom stereocenters. The molecule has 1 aliphatic carbocycles. The Balaban J connectivity index is 1.71. The minimum Gasteiger partial charge on any atom is -0.335 e. The van der Waals surface area contributed by atoms with Crippen LogP contribution in [0.25, 0.3) is 0 Å². The van der Waals surface area contributed by atoms with E-state index in [-0.39, 0.29) is 11.5 Å². The SMILES string of the molecule is Cc1ccc(C(=O)N2CCCC2CC2CCCCC2)c(=O)[nH]1. The van der Waals surface area contributed by atoms with Crippen LogP contribution in [0.3, 0.4) is 0 Å². The number of amides is 1. The number of aromatic nitrogens is 1. The molecule has 1 N–H and O–H groups in total. The number of carbonyl (C=O) groups excluding carboxylic acids is 1. The van der Waals surface area contributed by atoms with Gasteiger partial charge in [-0.15, -0.1) is 0 Å². The number of H-pyrrole nitrogens is 1. The topological polar surface area (TPSA) is 53.2 Å². The zero-order valence-electron chi connectivity index (χ0n) is 13.4. The van der Waals surface area contributed by atoms with E-state index in [1.54, 1.807) is 12.1 Å². The van der Waals surface area contributed by atoms with E-state index in [1.165, 1.54) is 32.1 Å². The molecule has 0 radical (unpaired) electrons. The maximum Gasteiger partial charge on any atom is 0.260 e. The summed E-state index contributed by atoms with van der Waals surface area (Å²) < 4.78 is 0. The fourth-order valence-corrected chi connectivity index (χ4v) is 4.05. The molecule has 1 unspecified atom stereocenters. The molecular weight excluding hydrogens is 276 g/mol. The van der Waals surface area contributed by atoms with Gasteiger partial charge in [0.25, 0.3) is 11.5 Å². The molecule has 4 heteroatoms. The number of nitrogens with zero attached hydrogens (tertiary/aromatic N) is 1. The Labute approximate surface area is 131 Å². The summed E-state index contributed by atoms with van der Waals surface area (Å²) in [4.78, 5) is 29.5. The molecular formula is C18H26N2O2. The number of carbonyl (C=O) groups is 1. The molecule has 120 valence electrons. The molecule has 1 aliphatic heterocycles. The quantitative estimate of drug-likeness (QED) is 0.931. The van der Waals surface area contributed by atoms with Crippen LogP contribution < -0.4 is 5.56 Å². The highest BCUT2D eigenvalue weighted by molar-refractivity contribution is 5.94. The highest BCUT2D eigenvalue weighted by Gasteiger charge is 2.32. The van der Waals surface area contributed by atoms with Crippen LogP contribution in [-0.2, 0) is 0 Å². The van der Waals surface area contributed by atoms with Crippen LogP contribution in [0.4, 0.5) is 0 Å². The number of hydrogen-bond donors (Lipinski definition) is 1. The van der Waals surface area contributed by atoms with Crippen molar-refractivity contribution < 1.29 is 4.79 Å². The normalized spacial score (nSPS) is 23.0.